The van der Waals surface area contributed by atoms with Gasteiger partial charge in [0.2, 0.25) is 0 Å². The Bertz CT molecular complexity index is 481. The number of carbonyl (C=O) groups excluding carboxylic acids is 1. The third-order valence-electron chi connectivity index (χ3n) is 1.81. The van der Waals surface area contributed by atoms with Gasteiger partial charge >= 0.3 is 11.7 Å². The van der Waals surface area contributed by atoms with Crippen molar-refractivity contribution in [3.8, 4) is 0 Å². The lowest BCUT2D eigenvalue weighted by atomic mass is 10.1. The zero-order valence-corrected chi connectivity index (χ0v) is 9.07. The molecular formula is C8H5ClF2N2O4. The average Bonchev–Trinajstić information content (AvgIpc) is 2.26. The van der Waals surface area contributed by atoms with Crippen LogP contribution in [-0.2, 0) is 4.74 Å². The van der Waals surface area contributed by atoms with Crippen LogP contribution in [0.5, 0.6) is 0 Å². The molecule has 0 N–H and O–H groups in total. The summed E-state index contributed by atoms with van der Waals surface area (Å²) >= 11 is 5.51. The van der Waals surface area contributed by atoms with Crippen LogP contribution in [0.3, 0.4) is 0 Å². The van der Waals surface area contributed by atoms with Crippen LogP contribution < -0.4 is 0 Å². The molecule has 17 heavy (non-hydrogen) atoms. The lowest BCUT2D eigenvalue weighted by molar-refractivity contribution is -0.387. The zero-order chi connectivity index (χ0) is 13.2. The molecule has 0 aliphatic carbocycles. The number of esters is 1. The first-order chi connectivity index (χ1) is 7.90. The Morgan fingerprint density at radius 2 is 2.24 bits per heavy atom. The number of hydrogen-bond donors (Lipinski definition) is 0. The summed E-state index contributed by atoms with van der Waals surface area (Å²) in [7, 11) is 0.949. The molecule has 0 fully saturated rings. The Morgan fingerprint density at radius 1 is 1.65 bits per heavy atom. The molecule has 0 radical (unpaired) electrons. The maximum atomic E-state index is 12.5. The first-order valence-corrected chi connectivity index (χ1v) is 4.47. The summed E-state index contributed by atoms with van der Waals surface area (Å²) < 4.78 is 29.3. The van der Waals surface area contributed by atoms with Gasteiger partial charge in [0.15, 0.2) is 11.3 Å². The van der Waals surface area contributed by atoms with Crippen LogP contribution in [0, 0.1) is 10.1 Å². The number of alkyl halides is 2. The molecule has 0 aromatic carbocycles. The Kier molecular flexibility index (Phi) is 3.89. The van der Waals surface area contributed by atoms with Gasteiger partial charge in [-0.2, -0.15) is 0 Å². The van der Waals surface area contributed by atoms with Gasteiger partial charge in [0, 0.05) is 6.20 Å². The number of ether oxygens (including phenoxy) is 1. The molecule has 1 rings (SSSR count). The highest BCUT2D eigenvalue weighted by Gasteiger charge is 2.33. The van der Waals surface area contributed by atoms with Crippen LogP contribution in [0.15, 0.2) is 6.20 Å². The number of halogens is 3. The summed E-state index contributed by atoms with van der Waals surface area (Å²) in [4.78, 5) is 23.9. The predicted molar refractivity (Wildman–Crippen MR) is 52.2 cm³/mol. The number of carbonyl (C=O) groups is 1. The second-order valence-electron chi connectivity index (χ2n) is 2.76. The second kappa shape index (κ2) is 5.00. The quantitative estimate of drug-likeness (QED) is 0.476. The van der Waals surface area contributed by atoms with Crippen LogP contribution in [0.2, 0.25) is 5.02 Å². The highest BCUT2D eigenvalue weighted by atomic mass is 35.5. The second-order valence-corrected chi connectivity index (χ2v) is 3.17. The molecule has 6 nitrogen and oxygen atoms in total. The third kappa shape index (κ3) is 2.47. The fourth-order valence-electron chi connectivity index (χ4n) is 1.13. The van der Waals surface area contributed by atoms with Crippen molar-refractivity contribution in [1.29, 1.82) is 0 Å². The molecular weight excluding hydrogens is 262 g/mol. The number of rotatable bonds is 3. The van der Waals surface area contributed by atoms with Gasteiger partial charge in [-0.1, -0.05) is 11.6 Å². The monoisotopic (exact) mass is 266 g/mol. The molecule has 0 unspecified atom stereocenters. The summed E-state index contributed by atoms with van der Waals surface area (Å²) in [5.74, 6) is -1.18. The average molecular weight is 267 g/mol. The molecule has 9 heteroatoms. The van der Waals surface area contributed by atoms with Gasteiger partial charge in [-0.25, -0.2) is 18.6 Å². The Labute approximate surface area is 98.3 Å². The van der Waals surface area contributed by atoms with E-state index < -0.39 is 39.3 Å². The summed E-state index contributed by atoms with van der Waals surface area (Å²) in [6, 6.07) is 0. The molecule has 92 valence electrons. The number of pyridine rings is 1. The highest BCUT2D eigenvalue weighted by Crippen LogP contribution is 2.34. The van der Waals surface area contributed by atoms with Crippen LogP contribution >= 0.6 is 11.6 Å². The highest BCUT2D eigenvalue weighted by molar-refractivity contribution is 6.34. The van der Waals surface area contributed by atoms with Crippen molar-refractivity contribution < 1.29 is 23.2 Å². The van der Waals surface area contributed by atoms with Crippen LogP contribution in [-0.4, -0.2) is 23.0 Å². The molecule has 0 saturated heterocycles. The number of aromatic nitrogens is 1. The van der Waals surface area contributed by atoms with Gasteiger partial charge in [-0.05, 0) is 0 Å². The molecule has 1 heterocycles. The van der Waals surface area contributed by atoms with Crippen molar-refractivity contribution in [2.45, 2.75) is 6.43 Å². The number of nitrogens with zero attached hydrogens (tertiary/aromatic N) is 2. The van der Waals surface area contributed by atoms with Gasteiger partial charge in [0.25, 0.3) is 6.43 Å². The predicted octanol–water partition coefficient (Wildman–Crippen LogP) is 2.37. The van der Waals surface area contributed by atoms with Gasteiger partial charge < -0.3 is 4.74 Å². The van der Waals surface area contributed by atoms with Crippen molar-refractivity contribution in [3.05, 3.63) is 32.6 Å². The van der Waals surface area contributed by atoms with Crippen molar-refractivity contribution >= 4 is 23.3 Å². The van der Waals surface area contributed by atoms with E-state index in [0.717, 1.165) is 13.3 Å². The standard InChI is InChI=1S/C8H5ClF2N2O4/c1-17-8(14)4-3(9)2-12-5(7(10)11)6(4)13(15)16/h2,7H,1H3. The summed E-state index contributed by atoms with van der Waals surface area (Å²) in [6.45, 7) is 0. The van der Waals surface area contributed by atoms with E-state index in [4.69, 9.17) is 11.6 Å². The molecule has 0 amide bonds. The maximum Gasteiger partial charge on any atom is 0.346 e. The minimum atomic E-state index is -3.20. The van der Waals surface area contributed by atoms with E-state index in [2.05, 4.69) is 9.72 Å². The van der Waals surface area contributed by atoms with E-state index in [1.807, 2.05) is 0 Å². The SMILES string of the molecule is COC(=O)c1c(Cl)cnc(C(F)F)c1[N+](=O)[O-]. The lowest BCUT2D eigenvalue weighted by Gasteiger charge is -2.06. The van der Waals surface area contributed by atoms with Crippen molar-refractivity contribution in [3.63, 3.8) is 0 Å². The van der Waals surface area contributed by atoms with E-state index in [-0.39, 0.29) is 0 Å². The smallest absolute Gasteiger partial charge is 0.346 e. The fourth-order valence-corrected chi connectivity index (χ4v) is 1.35. The molecule has 1 aromatic rings. The van der Waals surface area contributed by atoms with Crippen LogP contribution in [0.4, 0.5) is 14.5 Å². The third-order valence-corrected chi connectivity index (χ3v) is 2.10. The summed E-state index contributed by atoms with van der Waals surface area (Å²) in [6.07, 6.45) is -2.46. The molecule has 0 saturated carbocycles. The van der Waals surface area contributed by atoms with E-state index in [1.54, 1.807) is 0 Å². The molecule has 1 aromatic heterocycles. The Morgan fingerprint density at radius 3 is 2.65 bits per heavy atom. The minimum Gasteiger partial charge on any atom is -0.465 e. The van der Waals surface area contributed by atoms with Crippen molar-refractivity contribution in [2.75, 3.05) is 7.11 Å². The number of hydrogen-bond acceptors (Lipinski definition) is 5. The van der Waals surface area contributed by atoms with E-state index in [1.165, 1.54) is 0 Å². The summed E-state index contributed by atoms with van der Waals surface area (Å²) in [5, 5.41) is 10.3. The topological polar surface area (TPSA) is 82.3 Å². The van der Waals surface area contributed by atoms with E-state index in [9.17, 15) is 23.7 Å². The molecule has 0 spiro atoms. The summed E-state index contributed by atoms with van der Waals surface area (Å²) in [5.41, 5.74) is -3.00. The number of methoxy groups -OCH3 is 1. The van der Waals surface area contributed by atoms with E-state index in [0.29, 0.717) is 0 Å². The molecule has 0 aliphatic heterocycles. The normalized spacial score (nSPS) is 10.4. The zero-order valence-electron chi connectivity index (χ0n) is 8.32. The molecule has 0 bridgehead atoms. The first-order valence-electron chi connectivity index (χ1n) is 4.09. The van der Waals surface area contributed by atoms with Crippen molar-refractivity contribution in [2.24, 2.45) is 0 Å². The largest absolute Gasteiger partial charge is 0.465 e. The van der Waals surface area contributed by atoms with E-state index >= 15 is 0 Å². The lowest BCUT2D eigenvalue weighted by Crippen LogP contribution is -2.10. The van der Waals surface area contributed by atoms with Crippen LogP contribution in [0.25, 0.3) is 0 Å². The van der Waals surface area contributed by atoms with Gasteiger partial charge in [0.05, 0.1) is 17.1 Å². The van der Waals surface area contributed by atoms with Crippen LogP contribution in [0.1, 0.15) is 22.5 Å². The molecule has 0 aliphatic rings. The van der Waals surface area contributed by atoms with Crippen molar-refractivity contribution in [1.82, 2.24) is 4.98 Å². The number of nitro groups is 1. The maximum absolute atomic E-state index is 12.5. The van der Waals surface area contributed by atoms with Gasteiger partial charge in [-0.15, -0.1) is 0 Å². The molecule has 0 atom stereocenters. The fraction of sp³-hybridized carbons (Fsp3) is 0.250. The van der Waals surface area contributed by atoms with Gasteiger partial charge in [-0.3, -0.25) is 10.1 Å². The minimum absolute atomic E-state index is 0.423. The van der Waals surface area contributed by atoms with Gasteiger partial charge in [0.1, 0.15) is 0 Å². The Hall–Kier alpha value is -1.83. The Balaban J connectivity index is 3.60. The first kappa shape index (κ1) is 13.2.